The summed E-state index contributed by atoms with van der Waals surface area (Å²) in [5.74, 6) is 0.229. The molecule has 21 heavy (non-hydrogen) atoms. The number of aliphatic hydroxyl groups is 1. The van der Waals surface area contributed by atoms with E-state index in [-0.39, 0.29) is 12.5 Å². The van der Waals surface area contributed by atoms with Crippen LogP contribution in [-0.2, 0) is 5.60 Å². The number of thioether (sulfide) groups is 1. The summed E-state index contributed by atoms with van der Waals surface area (Å²) in [5, 5.41) is 13.1. The number of rotatable bonds is 5. The van der Waals surface area contributed by atoms with Gasteiger partial charge < -0.3 is 14.8 Å². The highest BCUT2D eigenvalue weighted by atomic mass is 32.2. The lowest BCUT2D eigenvalue weighted by atomic mass is 10.0. The van der Waals surface area contributed by atoms with Gasteiger partial charge in [0.25, 0.3) is 5.91 Å². The Balaban J connectivity index is 2.08. The maximum Gasteiger partial charge on any atom is 0.251 e. The average molecular weight is 305 g/mol. The molecule has 0 spiro atoms. The third-order valence-corrected chi connectivity index (χ3v) is 4.06. The summed E-state index contributed by atoms with van der Waals surface area (Å²) in [6.07, 6.45) is 3.46. The fourth-order valence-electron chi connectivity index (χ4n) is 1.99. The minimum atomic E-state index is -1.23. The quantitative estimate of drug-likeness (QED) is 0.834. The highest BCUT2D eigenvalue weighted by Crippen LogP contribution is 2.21. The first-order valence-corrected chi connectivity index (χ1v) is 7.86. The molecule has 0 saturated heterocycles. The largest absolute Gasteiger partial charge is 0.466 e. The van der Waals surface area contributed by atoms with Gasteiger partial charge in [-0.3, -0.25) is 4.79 Å². The zero-order chi connectivity index (χ0) is 15.5. The number of carbonyl (C=O) groups is 1. The highest BCUT2D eigenvalue weighted by Gasteiger charge is 2.27. The maximum atomic E-state index is 12.3. The Morgan fingerprint density at radius 2 is 2.19 bits per heavy atom. The maximum absolute atomic E-state index is 12.3. The molecular weight excluding hydrogens is 286 g/mol. The highest BCUT2D eigenvalue weighted by molar-refractivity contribution is 7.98. The van der Waals surface area contributed by atoms with Gasteiger partial charge >= 0.3 is 0 Å². The second-order valence-corrected chi connectivity index (χ2v) is 5.99. The predicted octanol–water partition coefficient (Wildman–Crippen LogP) is 2.95. The molecule has 1 aromatic carbocycles. The minimum Gasteiger partial charge on any atom is -0.466 e. The van der Waals surface area contributed by atoms with Crippen LogP contribution >= 0.6 is 11.8 Å². The van der Waals surface area contributed by atoms with Crippen molar-refractivity contribution in [2.45, 2.75) is 24.3 Å². The van der Waals surface area contributed by atoms with Crippen molar-refractivity contribution in [3.05, 3.63) is 53.5 Å². The summed E-state index contributed by atoms with van der Waals surface area (Å²) in [6, 6.07) is 9.15. The second-order valence-electron chi connectivity index (χ2n) is 5.11. The molecule has 0 saturated carbocycles. The summed E-state index contributed by atoms with van der Waals surface area (Å²) in [7, 11) is 0. The number of aryl methyl sites for hydroxylation is 1. The summed E-state index contributed by atoms with van der Waals surface area (Å²) in [4.78, 5) is 13.3. The molecule has 1 heterocycles. The van der Waals surface area contributed by atoms with Crippen LogP contribution in [0.25, 0.3) is 0 Å². The molecule has 2 rings (SSSR count). The van der Waals surface area contributed by atoms with E-state index in [1.807, 2.05) is 31.4 Å². The van der Waals surface area contributed by atoms with Crippen LogP contribution in [0.3, 0.4) is 0 Å². The first-order valence-electron chi connectivity index (χ1n) is 6.63. The molecule has 0 bridgehead atoms. The molecule has 0 fully saturated rings. The third-order valence-electron chi connectivity index (χ3n) is 3.33. The van der Waals surface area contributed by atoms with Crippen LogP contribution in [0.15, 0.2) is 45.9 Å². The lowest BCUT2D eigenvalue weighted by Crippen LogP contribution is -2.38. The first-order chi connectivity index (χ1) is 9.94. The fraction of sp³-hybridized carbons (Fsp3) is 0.312. The summed E-state index contributed by atoms with van der Waals surface area (Å²) in [6.45, 7) is 3.59. The number of nitrogens with one attached hydrogen (secondary N) is 1. The van der Waals surface area contributed by atoms with Gasteiger partial charge in [0.15, 0.2) is 0 Å². The van der Waals surface area contributed by atoms with Crippen molar-refractivity contribution in [2.24, 2.45) is 0 Å². The van der Waals surface area contributed by atoms with Crippen LogP contribution in [0.2, 0.25) is 0 Å². The summed E-state index contributed by atoms with van der Waals surface area (Å²) < 4.78 is 5.19. The molecule has 4 nitrogen and oxygen atoms in total. The molecule has 1 atom stereocenters. The molecule has 1 aromatic heterocycles. The molecule has 5 heteroatoms. The van der Waals surface area contributed by atoms with Gasteiger partial charge in [0.05, 0.1) is 12.8 Å². The van der Waals surface area contributed by atoms with E-state index in [9.17, 15) is 9.90 Å². The number of benzene rings is 1. The molecule has 1 amide bonds. The molecule has 0 radical (unpaired) electrons. The molecule has 0 aliphatic rings. The van der Waals surface area contributed by atoms with E-state index in [4.69, 9.17) is 4.42 Å². The van der Waals surface area contributed by atoms with Gasteiger partial charge in [-0.05, 0) is 49.9 Å². The van der Waals surface area contributed by atoms with E-state index < -0.39 is 5.60 Å². The van der Waals surface area contributed by atoms with Crippen molar-refractivity contribution in [2.75, 3.05) is 12.8 Å². The van der Waals surface area contributed by atoms with E-state index in [1.54, 1.807) is 30.8 Å². The van der Waals surface area contributed by atoms with Gasteiger partial charge in [0, 0.05) is 10.5 Å². The zero-order valence-corrected chi connectivity index (χ0v) is 13.2. The van der Waals surface area contributed by atoms with Gasteiger partial charge in [-0.2, -0.15) is 0 Å². The second kappa shape index (κ2) is 6.37. The fourth-order valence-corrected chi connectivity index (χ4v) is 2.43. The van der Waals surface area contributed by atoms with E-state index in [2.05, 4.69) is 5.32 Å². The first kappa shape index (κ1) is 15.7. The molecule has 2 N–H and O–H groups in total. The molecule has 2 aromatic rings. The average Bonchev–Trinajstić information content (AvgIpc) is 3.00. The number of furan rings is 1. The SMILES string of the molecule is CSc1ccc(C)c(C(=O)NCC(C)(O)c2ccco2)c1. The monoisotopic (exact) mass is 305 g/mol. The number of hydrogen-bond donors (Lipinski definition) is 2. The molecule has 112 valence electrons. The summed E-state index contributed by atoms with van der Waals surface area (Å²) >= 11 is 1.59. The van der Waals surface area contributed by atoms with Gasteiger partial charge in [-0.25, -0.2) is 0 Å². The lowest BCUT2D eigenvalue weighted by Gasteiger charge is -2.21. The molecule has 0 aliphatic carbocycles. The van der Waals surface area contributed by atoms with Crippen LogP contribution in [0.5, 0.6) is 0 Å². The zero-order valence-electron chi connectivity index (χ0n) is 12.3. The normalized spacial score (nSPS) is 13.7. The number of amides is 1. The van der Waals surface area contributed by atoms with Crippen molar-refractivity contribution in [1.82, 2.24) is 5.32 Å². The Kier molecular flexibility index (Phi) is 4.75. The van der Waals surface area contributed by atoms with E-state index >= 15 is 0 Å². The topological polar surface area (TPSA) is 62.5 Å². The van der Waals surface area contributed by atoms with E-state index in [0.29, 0.717) is 11.3 Å². The smallest absolute Gasteiger partial charge is 0.251 e. The van der Waals surface area contributed by atoms with E-state index in [0.717, 1.165) is 10.5 Å². The van der Waals surface area contributed by atoms with Crippen LogP contribution in [0.1, 0.15) is 28.6 Å². The van der Waals surface area contributed by atoms with Crippen molar-refractivity contribution in [1.29, 1.82) is 0 Å². The van der Waals surface area contributed by atoms with Crippen LogP contribution < -0.4 is 5.32 Å². The van der Waals surface area contributed by atoms with Crippen molar-refractivity contribution in [3.63, 3.8) is 0 Å². The van der Waals surface area contributed by atoms with Crippen molar-refractivity contribution < 1.29 is 14.3 Å². The predicted molar refractivity (Wildman–Crippen MR) is 83.6 cm³/mol. The van der Waals surface area contributed by atoms with Gasteiger partial charge in [0.2, 0.25) is 0 Å². The Morgan fingerprint density at radius 1 is 1.43 bits per heavy atom. The lowest BCUT2D eigenvalue weighted by molar-refractivity contribution is 0.0330. The summed E-state index contributed by atoms with van der Waals surface area (Å²) in [5.41, 5.74) is 0.296. The Labute approximate surface area is 128 Å². The van der Waals surface area contributed by atoms with Crippen molar-refractivity contribution >= 4 is 17.7 Å². The van der Waals surface area contributed by atoms with Gasteiger partial charge in [-0.1, -0.05) is 6.07 Å². The molecular formula is C16H19NO3S. The van der Waals surface area contributed by atoms with Crippen molar-refractivity contribution in [3.8, 4) is 0 Å². The Hall–Kier alpha value is -1.72. The van der Waals surface area contributed by atoms with Gasteiger partial charge in [-0.15, -0.1) is 11.8 Å². The Morgan fingerprint density at radius 3 is 2.81 bits per heavy atom. The number of hydrogen-bond acceptors (Lipinski definition) is 4. The van der Waals surface area contributed by atoms with E-state index in [1.165, 1.54) is 6.26 Å². The van der Waals surface area contributed by atoms with Gasteiger partial charge in [0.1, 0.15) is 11.4 Å². The molecule has 0 aliphatic heterocycles. The van der Waals surface area contributed by atoms with Crippen LogP contribution in [-0.4, -0.2) is 23.8 Å². The standard InChI is InChI=1S/C16H19NO3S/c1-11-6-7-12(21-3)9-13(11)15(18)17-10-16(2,19)14-5-4-8-20-14/h4-9,19H,10H2,1-3H3,(H,17,18). The Bertz CT molecular complexity index is 620. The van der Waals surface area contributed by atoms with Crippen LogP contribution in [0, 0.1) is 6.92 Å². The molecule has 1 unspecified atom stereocenters. The number of carbonyl (C=O) groups excluding carboxylic acids is 1. The third kappa shape index (κ3) is 3.68. The van der Waals surface area contributed by atoms with Crippen LogP contribution in [0.4, 0.5) is 0 Å². The minimum absolute atomic E-state index is 0.0856.